The molecule has 0 N–H and O–H groups in total. The van der Waals surface area contributed by atoms with Crippen LogP contribution in [0.3, 0.4) is 0 Å². The Kier molecular flexibility index (Phi) is 6.53. The van der Waals surface area contributed by atoms with Gasteiger partial charge in [0.1, 0.15) is 23.6 Å². The van der Waals surface area contributed by atoms with Crippen LogP contribution >= 0.6 is 0 Å². The van der Waals surface area contributed by atoms with Crippen molar-refractivity contribution in [3.05, 3.63) is 116 Å². The van der Waals surface area contributed by atoms with Gasteiger partial charge in [-0.05, 0) is 47.5 Å². The molecule has 0 aromatic heterocycles. The number of nitro benzene ring substituents is 2. The summed E-state index contributed by atoms with van der Waals surface area (Å²) < 4.78 is 11.4. The second-order valence-electron chi connectivity index (χ2n) is 7.35. The van der Waals surface area contributed by atoms with Crippen LogP contribution in [0.25, 0.3) is 11.1 Å². The number of non-ortho nitro benzene ring substituents is 2. The van der Waals surface area contributed by atoms with Crippen LogP contribution in [0.5, 0.6) is 23.0 Å². The van der Waals surface area contributed by atoms with E-state index in [1.54, 1.807) is 48.5 Å². The van der Waals surface area contributed by atoms with Gasteiger partial charge in [0.2, 0.25) is 0 Å². The van der Waals surface area contributed by atoms with Gasteiger partial charge >= 0.3 is 0 Å². The molecule has 10 nitrogen and oxygen atoms in total. The van der Waals surface area contributed by atoms with Crippen LogP contribution in [0.1, 0.15) is 11.1 Å². The van der Waals surface area contributed by atoms with Crippen LogP contribution < -0.4 is 9.47 Å². The van der Waals surface area contributed by atoms with Crippen LogP contribution in [0.4, 0.5) is 11.4 Å². The molecule has 0 saturated carbocycles. The lowest BCUT2D eigenvalue weighted by Crippen LogP contribution is -1.93. The van der Waals surface area contributed by atoms with Crippen LogP contribution in [-0.4, -0.2) is 9.85 Å². The first-order valence-corrected chi connectivity index (χ1v) is 10.3. The van der Waals surface area contributed by atoms with Crippen LogP contribution in [0.2, 0.25) is 0 Å². The van der Waals surface area contributed by atoms with Gasteiger partial charge in [-0.3, -0.25) is 20.2 Å². The zero-order valence-corrected chi connectivity index (χ0v) is 18.3. The molecule has 0 fully saturated rings. The molecule has 0 saturated heterocycles. The van der Waals surface area contributed by atoms with Crippen molar-refractivity contribution in [1.29, 1.82) is 10.5 Å². The highest BCUT2D eigenvalue weighted by Crippen LogP contribution is 2.33. The molecule has 0 aliphatic rings. The summed E-state index contributed by atoms with van der Waals surface area (Å²) in [6, 6.07) is 25.2. The summed E-state index contributed by atoms with van der Waals surface area (Å²) in [4.78, 5) is 20.9. The number of nitrogens with zero attached hydrogens (tertiary/aromatic N) is 4. The van der Waals surface area contributed by atoms with Gasteiger partial charge in [-0.25, -0.2) is 0 Å². The molecule has 36 heavy (non-hydrogen) atoms. The summed E-state index contributed by atoms with van der Waals surface area (Å²) in [7, 11) is 0. The predicted octanol–water partition coefficient (Wildman–Crippen LogP) is 6.50. The maximum absolute atomic E-state index is 11.0. The number of hydrogen-bond donors (Lipinski definition) is 0. The van der Waals surface area contributed by atoms with Gasteiger partial charge in [0, 0.05) is 12.1 Å². The van der Waals surface area contributed by atoms with Crippen molar-refractivity contribution in [2.24, 2.45) is 0 Å². The molecule has 4 rings (SSSR count). The van der Waals surface area contributed by atoms with Gasteiger partial charge in [0.25, 0.3) is 11.4 Å². The minimum absolute atomic E-state index is 0.0823. The van der Waals surface area contributed by atoms with Gasteiger partial charge in [-0.2, -0.15) is 10.5 Å². The zero-order valence-electron chi connectivity index (χ0n) is 18.3. The molecule has 0 atom stereocenters. The third kappa shape index (κ3) is 5.09. The first-order valence-electron chi connectivity index (χ1n) is 10.3. The molecule has 0 radical (unpaired) electrons. The van der Waals surface area contributed by atoms with E-state index < -0.39 is 9.85 Å². The Balaban J connectivity index is 1.51. The number of nitro groups is 2. The van der Waals surface area contributed by atoms with E-state index in [0.717, 1.165) is 11.1 Å². The maximum atomic E-state index is 11.0. The number of ether oxygens (including phenoxy) is 2. The first kappa shape index (κ1) is 23.4. The van der Waals surface area contributed by atoms with Crippen molar-refractivity contribution >= 4 is 11.4 Å². The quantitative estimate of drug-likeness (QED) is 0.215. The van der Waals surface area contributed by atoms with E-state index in [0.29, 0.717) is 11.5 Å². The molecule has 0 aliphatic heterocycles. The lowest BCUT2D eigenvalue weighted by atomic mass is 10.1. The van der Waals surface area contributed by atoms with E-state index in [9.17, 15) is 30.8 Å². The molecule has 4 aromatic carbocycles. The zero-order chi connectivity index (χ0) is 25.7. The largest absolute Gasteiger partial charge is 0.456 e. The summed E-state index contributed by atoms with van der Waals surface area (Å²) >= 11 is 0. The minimum Gasteiger partial charge on any atom is -0.456 e. The highest BCUT2D eigenvalue weighted by atomic mass is 16.6. The Labute approximate surface area is 204 Å². The second-order valence-corrected chi connectivity index (χ2v) is 7.35. The van der Waals surface area contributed by atoms with Gasteiger partial charge in [0.05, 0.1) is 33.1 Å². The summed E-state index contributed by atoms with van der Waals surface area (Å²) in [5, 5.41) is 40.5. The van der Waals surface area contributed by atoms with Crippen LogP contribution in [-0.2, 0) is 0 Å². The highest BCUT2D eigenvalue weighted by molar-refractivity contribution is 5.65. The topological polar surface area (TPSA) is 152 Å². The van der Waals surface area contributed by atoms with Crippen molar-refractivity contribution in [3.8, 4) is 46.3 Å². The number of rotatable bonds is 7. The predicted molar refractivity (Wildman–Crippen MR) is 128 cm³/mol. The van der Waals surface area contributed by atoms with Gasteiger partial charge in [-0.15, -0.1) is 0 Å². The molecule has 0 unspecified atom stereocenters. The van der Waals surface area contributed by atoms with Crippen molar-refractivity contribution in [3.63, 3.8) is 0 Å². The monoisotopic (exact) mass is 478 g/mol. The van der Waals surface area contributed by atoms with E-state index in [1.165, 1.54) is 36.4 Å². The number of hydrogen-bond acceptors (Lipinski definition) is 8. The van der Waals surface area contributed by atoms with E-state index in [2.05, 4.69) is 0 Å². The molecule has 0 aliphatic carbocycles. The van der Waals surface area contributed by atoms with E-state index in [1.807, 2.05) is 12.1 Å². The minimum atomic E-state index is -0.565. The highest BCUT2D eigenvalue weighted by Gasteiger charge is 2.14. The average molecular weight is 478 g/mol. The van der Waals surface area contributed by atoms with Crippen LogP contribution in [0, 0.1) is 42.9 Å². The first-order chi connectivity index (χ1) is 17.4. The smallest absolute Gasteiger partial charge is 0.273 e. The fourth-order valence-electron chi connectivity index (χ4n) is 3.29. The second kappa shape index (κ2) is 10.0. The van der Waals surface area contributed by atoms with Gasteiger partial charge < -0.3 is 9.47 Å². The van der Waals surface area contributed by atoms with Gasteiger partial charge in [-0.1, -0.05) is 24.3 Å². The van der Waals surface area contributed by atoms with Crippen molar-refractivity contribution < 1.29 is 19.3 Å². The standard InChI is InChI=1S/C26H14N4O6/c27-15-19-1-7-21(29(31)32)13-25(19)35-23-9-3-17(4-10-23)18-5-11-24(12-6-18)36-26-14-22(30(33)34)8-2-20(26)16-28/h1-14H. The fraction of sp³-hybridized carbons (Fsp3) is 0. The molecule has 10 heteroatoms. The SMILES string of the molecule is N#Cc1ccc([N+](=O)[O-])cc1Oc1ccc(-c2ccc(Oc3cc([N+](=O)[O-])ccc3C#N)cc2)cc1. The summed E-state index contributed by atoms with van der Waals surface area (Å²) in [5.41, 5.74) is 1.64. The molecule has 0 bridgehead atoms. The molecular formula is C26H14N4O6. The van der Waals surface area contributed by atoms with E-state index in [4.69, 9.17) is 9.47 Å². The lowest BCUT2D eigenvalue weighted by molar-refractivity contribution is -0.385. The maximum Gasteiger partial charge on any atom is 0.273 e. The molecule has 174 valence electrons. The molecule has 0 amide bonds. The lowest BCUT2D eigenvalue weighted by Gasteiger charge is -2.10. The third-order valence-corrected chi connectivity index (χ3v) is 5.09. The van der Waals surface area contributed by atoms with E-state index in [-0.39, 0.29) is 34.0 Å². The van der Waals surface area contributed by atoms with Crippen molar-refractivity contribution in [2.75, 3.05) is 0 Å². The average Bonchev–Trinajstić information content (AvgIpc) is 2.89. The Hall–Kier alpha value is -5.74. The fourth-order valence-corrected chi connectivity index (χ4v) is 3.29. The summed E-state index contributed by atoms with van der Waals surface area (Å²) in [5.74, 6) is 0.952. The normalized spacial score (nSPS) is 10.1. The molecular weight excluding hydrogens is 464 g/mol. The summed E-state index contributed by atoms with van der Waals surface area (Å²) in [6.45, 7) is 0. The number of nitriles is 2. The van der Waals surface area contributed by atoms with Crippen molar-refractivity contribution in [1.82, 2.24) is 0 Å². The Morgan fingerprint density at radius 3 is 1.25 bits per heavy atom. The Morgan fingerprint density at radius 1 is 0.583 bits per heavy atom. The molecule has 0 spiro atoms. The molecule has 4 aromatic rings. The molecule has 0 heterocycles. The van der Waals surface area contributed by atoms with Gasteiger partial charge in [0.15, 0.2) is 11.5 Å². The Bertz CT molecular complexity index is 1430. The Morgan fingerprint density at radius 2 is 0.944 bits per heavy atom. The van der Waals surface area contributed by atoms with Crippen molar-refractivity contribution in [2.45, 2.75) is 0 Å². The van der Waals surface area contributed by atoms with Crippen LogP contribution in [0.15, 0.2) is 84.9 Å². The summed E-state index contributed by atoms with van der Waals surface area (Å²) in [6.07, 6.45) is 0. The third-order valence-electron chi connectivity index (χ3n) is 5.09. The van der Waals surface area contributed by atoms with E-state index >= 15 is 0 Å². The number of benzene rings is 4.